The van der Waals surface area contributed by atoms with E-state index in [2.05, 4.69) is 22.8 Å². The highest BCUT2D eigenvalue weighted by molar-refractivity contribution is 5.94. The molecule has 3 aromatic rings. The van der Waals surface area contributed by atoms with Crippen molar-refractivity contribution in [3.05, 3.63) is 89.7 Å². The average Bonchev–Trinajstić information content (AvgIpc) is 2.69. The van der Waals surface area contributed by atoms with Crippen LogP contribution in [0.2, 0.25) is 0 Å². The van der Waals surface area contributed by atoms with Crippen molar-refractivity contribution in [1.29, 1.82) is 0 Å². The van der Waals surface area contributed by atoms with Crippen LogP contribution in [-0.2, 0) is 11.2 Å². The largest absolute Gasteiger partial charge is 0.494 e. The molecule has 3 rings (SSSR count). The standard InChI is InChI=1S/C22H21FN2O2/c1-27-21-14-18(23)11-12-20(21)24-15-22(26)25-19-10-6-5-9-17(19)13-16-7-3-2-4-8-16/h2-12,14,24H,13,15H2,1H3,(H,25,26). The third-order valence-electron chi connectivity index (χ3n) is 4.13. The van der Waals surface area contributed by atoms with Gasteiger partial charge in [0.25, 0.3) is 0 Å². The molecule has 0 saturated carbocycles. The van der Waals surface area contributed by atoms with Crippen molar-refractivity contribution in [2.75, 3.05) is 24.3 Å². The average molecular weight is 364 g/mol. The Hall–Kier alpha value is -3.34. The maximum absolute atomic E-state index is 13.3. The van der Waals surface area contributed by atoms with Gasteiger partial charge in [-0.15, -0.1) is 0 Å². The van der Waals surface area contributed by atoms with Gasteiger partial charge in [0.15, 0.2) is 0 Å². The van der Waals surface area contributed by atoms with Crippen LogP contribution >= 0.6 is 0 Å². The molecule has 0 unspecified atom stereocenters. The lowest BCUT2D eigenvalue weighted by Crippen LogP contribution is -2.22. The summed E-state index contributed by atoms with van der Waals surface area (Å²) < 4.78 is 18.4. The Labute approximate surface area is 158 Å². The summed E-state index contributed by atoms with van der Waals surface area (Å²) >= 11 is 0. The number of ether oxygens (including phenoxy) is 1. The molecule has 27 heavy (non-hydrogen) atoms. The van der Waals surface area contributed by atoms with Gasteiger partial charge in [0, 0.05) is 11.8 Å². The first-order chi connectivity index (χ1) is 13.2. The second-order valence-corrected chi connectivity index (χ2v) is 6.07. The molecule has 3 aromatic carbocycles. The molecule has 0 spiro atoms. The van der Waals surface area contributed by atoms with Crippen molar-refractivity contribution in [3.63, 3.8) is 0 Å². The Morgan fingerprint density at radius 2 is 1.70 bits per heavy atom. The summed E-state index contributed by atoms with van der Waals surface area (Å²) in [4.78, 5) is 12.4. The van der Waals surface area contributed by atoms with E-state index >= 15 is 0 Å². The summed E-state index contributed by atoms with van der Waals surface area (Å²) in [5.74, 6) is -0.231. The van der Waals surface area contributed by atoms with Crippen LogP contribution in [0.25, 0.3) is 0 Å². The SMILES string of the molecule is COc1cc(F)ccc1NCC(=O)Nc1ccccc1Cc1ccccc1. The zero-order valence-corrected chi connectivity index (χ0v) is 15.0. The van der Waals surface area contributed by atoms with Gasteiger partial charge < -0.3 is 15.4 Å². The summed E-state index contributed by atoms with van der Waals surface area (Å²) in [6.07, 6.45) is 0.733. The lowest BCUT2D eigenvalue weighted by Gasteiger charge is -2.13. The van der Waals surface area contributed by atoms with Crippen molar-refractivity contribution in [3.8, 4) is 5.75 Å². The number of nitrogens with one attached hydrogen (secondary N) is 2. The van der Waals surface area contributed by atoms with E-state index in [1.807, 2.05) is 42.5 Å². The van der Waals surface area contributed by atoms with Crippen molar-refractivity contribution >= 4 is 17.3 Å². The van der Waals surface area contributed by atoms with E-state index in [9.17, 15) is 9.18 Å². The number of benzene rings is 3. The summed E-state index contributed by atoms with van der Waals surface area (Å²) in [5, 5.41) is 5.91. The summed E-state index contributed by atoms with van der Waals surface area (Å²) in [5.41, 5.74) is 3.55. The maximum atomic E-state index is 13.3. The highest BCUT2D eigenvalue weighted by Gasteiger charge is 2.09. The van der Waals surface area contributed by atoms with Crippen LogP contribution in [0.3, 0.4) is 0 Å². The van der Waals surface area contributed by atoms with Gasteiger partial charge in [-0.25, -0.2) is 4.39 Å². The molecule has 2 N–H and O–H groups in total. The van der Waals surface area contributed by atoms with E-state index in [1.165, 1.54) is 24.8 Å². The maximum Gasteiger partial charge on any atom is 0.243 e. The third-order valence-corrected chi connectivity index (χ3v) is 4.13. The Kier molecular flexibility index (Phi) is 6.05. The number of para-hydroxylation sites is 1. The number of methoxy groups -OCH3 is 1. The zero-order chi connectivity index (χ0) is 19.1. The second kappa shape index (κ2) is 8.85. The number of hydrogen-bond donors (Lipinski definition) is 2. The number of anilines is 2. The van der Waals surface area contributed by atoms with Gasteiger partial charge in [-0.05, 0) is 35.7 Å². The molecule has 0 atom stereocenters. The highest BCUT2D eigenvalue weighted by atomic mass is 19.1. The molecular weight excluding hydrogens is 343 g/mol. The Bertz CT molecular complexity index is 913. The van der Waals surface area contributed by atoms with Crippen molar-refractivity contribution in [1.82, 2.24) is 0 Å². The smallest absolute Gasteiger partial charge is 0.243 e. The topological polar surface area (TPSA) is 50.4 Å². The highest BCUT2D eigenvalue weighted by Crippen LogP contribution is 2.25. The van der Waals surface area contributed by atoms with Gasteiger partial charge in [-0.1, -0.05) is 48.5 Å². The number of rotatable bonds is 7. The summed E-state index contributed by atoms with van der Waals surface area (Å²) in [7, 11) is 1.46. The van der Waals surface area contributed by atoms with E-state index in [0.29, 0.717) is 11.4 Å². The van der Waals surface area contributed by atoms with Gasteiger partial charge >= 0.3 is 0 Å². The summed E-state index contributed by atoms with van der Waals surface area (Å²) in [6.45, 7) is 0.0433. The van der Waals surface area contributed by atoms with E-state index in [1.54, 1.807) is 6.07 Å². The molecular formula is C22H21FN2O2. The predicted molar refractivity (Wildman–Crippen MR) is 106 cm³/mol. The van der Waals surface area contributed by atoms with Crippen molar-refractivity contribution in [2.24, 2.45) is 0 Å². The number of hydrogen-bond acceptors (Lipinski definition) is 3. The Balaban J connectivity index is 1.65. The number of carbonyl (C=O) groups is 1. The molecule has 0 aliphatic carbocycles. The van der Waals surface area contributed by atoms with Gasteiger partial charge in [-0.3, -0.25) is 4.79 Å². The predicted octanol–water partition coefficient (Wildman–Crippen LogP) is 4.48. The second-order valence-electron chi connectivity index (χ2n) is 6.07. The van der Waals surface area contributed by atoms with Crippen LogP contribution < -0.4 is 15.4 Å². The Morgan fingerprint density at radius 3 is 2.48 bits per heavy atom. The quantitative estimate of drug-likeness (QED) is 0.650. The molecule has 0 aliphatic rings. The van der Waals surface area contributed by atoms with E-state index in [-0.39, 0.29) is 12.5 Å². The molecule has 4 nitrogen and oxygen atoms in total. The summed E-state index contributed by atoms with van der Waals surface area (Å²) in [6, 6.07) is 21.9. The van der Waals surface area contributed by atoms with Crippen molar-refractivity contribution in [2.45, 2.75) is 6.42 Å². The van der Waals surface area contributed by atoms with Gasteiger partial charge in [-0.2, -0.15) is 0 Å². The van der Waals surface area contributed by atoms with E-state index in [4.69, 9.17) is 4.74 Å². The molecule has 1 amide bonds. The van der Waals surface area contributed by atoms with Gasteiger partial charge in [0.05, 0.1) is 19.3 Å². The normalized spacial score (nSPS) is 10.3. The first-order valence-corrected chi connectivity index (χ1v) is 8.65. The molecule has 0 fully saturated rings. The minimum atomic E-state index is -0.392. The monoisotopic (exact) mass is 364 g/mol. The molecule has 0 radical (unpaired) electrons. The molecule has 138 valence electrons. The molecule has 0 saturated heterocycles. The van der Waals surface area contributed by atoms with Crippen LogP contribution in [0, 0.1) is 5.82 Å². The minimum absolute atomic E-state index is 0.0433. The zero-order valence-electron chi connectivity index (χ0n) is 15.0. The lowest BCUT2D eigenvalue weighted by atomic mass is 10.0. The fraction of sp³-hybridized carbons (Fsp3) is 0.136. The fourth-order valence-corrected chi connectivity index (χ4v) is 2.79. The van der Waals surface area contributed by atoms with Crippen LogP contribution in [0.4, 0.5) is 15.8 Å². The van der Waals surface area contributed by atoms with E-state index < -0.39 is 5.82 Å². The van der Waals surface area contributed by atoms with Crippen LogP contribution in [0.5, 0.6) is 5.75 Å². The molecule has 0 aromatic heterocycles. The molecule has 0 aliphatic heterocycles. The minimum Gasteiger partial charge on any atom is -0.494 e. The van der Waals surface area contributed by atoms with Crippen LogP contribution in [0.15, 0.2) is 72.8 Å². The first-order valence-electron chi connectivity index (χ1n) is 8.65. The molecule has 5 heteroatoms. The fourth-order valence-electron chi connectivity index (χ4n) is 2.79. The van der Waals surface area contributed by atoms with Gasteiger partial charge in [0.1, 0.15) is 11.6 Å². The number of carbonyl (C=O) groups excluding carboxylic acids is 1. The van der Waals surface area contributed by atoms with Crippen LogP contribution in [-0.4, -0.2) is 19.6 Å². The van der Waals surface area contributed by atoms with Gasteiger partial charge in [0.2, 0.25) is 5.91 Å². The van der Waals surface area contributed by atoms with Crippen molar-refractivity contribution < 1.29 is 13.9 Å². The van der Waals surface area contributed by atoms with Crippen LogP contribution in [0.1, 0.15) is 11.1 Å². The van der Waals surface area contributed by atoms with E-state index in [0.717, 1.165) is 17.7 Å². The molecule has 0 bridgehead atoms. The third kappa shape index (κ3) is 5.07. The first kappa shape index (κ1) is 18.5. The molecule has 0 heterocycles. The number of amides is 1. The Morgan fingerprint density at radius 1 is 0.963 bits per heavy atom. The number of halogens is 1. The lowest BCUT2D eigenvalue weighted by molar-refractivity contribution is -0.114.